The number of rotatable bonds is 4. The Kier molecular flexibility index (Phi) is 4.45. The van der Waals surface area contributed by atoms with Gasteiger partial charge in [0.25, 0.3) is 0 Å². The van der Waals surface area contributed by atoms with Crippen molar-refractivity contribution in [3.8, 4) is 5.69 Å². The summed E-state index contributed by atoms with van der Waals surface area (Å²) in [5.74, 6) is -0.948. The van der Waals surface area contributed by atoms with E-state index in [1.165, 1.54) is 0 Å². The average Bonchev–Trinajstić information content (AvgIpc) is 2.96. The third-order valence-electron chi connectivity index (χ3n) is 3.97. The van der Waals surface area contributed by atoms with Gasteiger partial charge in [-0.1, -0.05) is 17.7 Å². The molecule has 1 aliphatic heterocycles. The standard InChI is InChI=1S/C16H18ClN3O2/c17-14-4-1-5-15(7-14)20-10-12(8-18-20)9-19-6-2-3-13(11-19)16(21)22/h1,4-5,7-8,10,13H,2-3,6,9,11H2,(H,21,22)/t13-/m1/s1. The van der Waals surface area contributed by atoms with E-state index in [0.717, 1.165) is 37.2 Å². The molecule has 0 saturated carbocycles. The molecule has 0 unspecified atom stereocenters. The molecule has 0 amide bonds. The van der Waals surface area contributed by atoms with Crippen molar-refractivity contribution in [2.45, 2.75) is 19.4 Å². The zero-order chi connectivity index (χ0) is 15.5. The van der Waals surface area contributed by atoms with E-state index in [2.05, 4.69) is 10.00 Å². The summed E-state index contributed by atoms with van der Waals surface area (Å²) in [5.41, 5.74) is 1.99. The van der Waals surface area contributed by atoms with Gasteiger partial charge >= 0.3 is 5.97 Å². The smallest absolute Gasteiger partial charge is 0.307 e. The molecule has 1 aromatic heterocycles. The Morgan fingerprint density at radius 1 is 1.45 bits per heavy atom. The largest absolute Gasteiger partial charge is 0.481 e. The van der Waals surface area contributed by atoms with E-state index in [0.29, 0.717) is 11.6 Å². The molecule has 0 aliphatic carbocycles. The lowest BCUT2D eigenvalue weighted by Crippen LogP contribution is -2.38. The van der Waals surface area contributed by atoms with E-state index in [1.54, 1.807) is 4.68 Å². The van der Waals surface area contributed by atoms with E-state index in [-0.39, 0.29) is 5.92 Å². The Balaban J connectivity index is 1.68. The predicted molar refractivity (Wildman–Crippen MR) is 84.2 cm³/mol. The van der Waals surface area contributed by atoms with Gasteiger partial charge < -0.3 is 5.11 Å². The summed E-state index contributed by atoms with van der Waals surface area (Å²) >= 11 is 6.00. The van der Waals surface area contributed by atoms with Gasteiger partial charge in [0.15, 0.2) is 0 Å². The number of piperidine rings is 1. The Labute approximate surface area is 134 Å². The highest BCUT2D eigenvalue weighted by Crippen LogP contribution is 2.19. The molecule has 116 valence electrons. The van der Waals surface area contributed by atoms with Gasteiger partial charge in [0.2, 0.25) is 0 Å². The minimum Gasteiger partial charge on any atom is -0.481 e. The Morgan fingerprint density at radius 2 is 2.32 bits per heavy atom. The number of carbonyl (C=O) groups is 1. The lowest BCUT2D eigenvalue weighted by Gasteiger charge is -2.30. The molecule has 1 aliphatic rings. The van der Waals surface area contributed by atoms with E-state index < -0.39 is 5.97 Å². The average molecular weight is 320 g/mol. The van der Waals surface area contributed by atoms with Gasteiger partial charge in [-0.25, -0.2) is 4.68 Å². The lowest BCUT2D eigenvalue weighted by atomic mass is 9.98. The maximum Gasteiger partial charge on any atom is 0.307 e. The minimum absolute atomic E-state index is 0.253. The molecule has 2 heterocycles. The molecule has 3 rings (SSSR count). The van der Waals surface area contributed by atoms with Crippen LogP contribution in [0.2, 0.25) is 5.02 Å². The molecular weight excluding hydrogens is 302 g/mol. The minimum atomic E-state index is -0.695. The number of aromatic nitrogens is 2. The van der Waals surface area contributed by atoms with Crippen molar-refractivity contribution < 1.29 is 9.90 Å². The van der Waals surface area contributed by atoms with Crippen LogP contribution in [0.25, 0.3) is 5.69 Å². The van der Waals surface area contributed by atoms with Crippen LogP contribution in [0.1, 0.15) is 18.4 Å². The molecular formula is C16H18ClN3O2. The highest BCUT2D eigenvalue weighted by Gasteiger charge is 2.25. The molecule has 5 nitrogen and oxygen atoms in total. The maximum absolute atomic E-state index is 11.1. The molecule has 1 aromatic carbocycles. The van der Waals surface area contributed by atoms with Crippen LogP contribution in [0.5, 0.6) is 0 Å². The fourth-order valence-corrected chi connectivity index (χ4v) is 3.05. The van der Waals surface area contributed by atoms with Crippen molar-refractivity contribution in [3.63, 3.8) is 0 Å². The van der Waals surface area contributed by atoms with E-state index in [1.807, 2.05) is 36.7 Å². The van der Waals surface area contributed by atoms with Crippen molar-refractivity contribution in [3.05, 3.63) is 47.2 Å². The van der Waals surface area contributed by atoms with E-state index >= 15 is 0 Å². The summed E-state index contributed by atoms with van der Waals surface area (Å²) in [7, 11) is 0. The van der Waals surface area contributed by atoms with Crippen molar-refractivity contribution >= 4 is 17.6 Å². The van der Waals surface area contributed by atoms with Gasteiger partial charge in [-0.15, -0.1) is 0 Å². The van der Waals surface area contributed by atoms with Crippen LogP contribution >= 0.6 is 11.6 Å². The first-order valence-electron chi connectivity index (χ1n) is 7.36. The second-order valence-corrected chi connectivity index (χ2v) is 6.12. The normalized spacial score (nSPS) is 19.2. The van der Waals surface area contributed by atoms with Gasteiger partial charge in [0, 0.05) is 29.9 Å². The summed E-state index contributed by atoms with van der Waals surface area (Å²) in [6, 6.07) is 7.53. The highest BCUT2D eigenvalue weighted by atomic mass is 35.5. The van der Waals surface area contributed by atoms with Crippen LogP contribution in [0.4, 0.5) is 0 Å². The van der Waals surface area contributed by atoms with Crippen LogP contribution in [0, 0.1) is 5.92 Å². The number of hydrogen-bond donors (Lipinski definition) is 1. The highest BCUT2D eigenvalue weighted by molar-refractivity contribution is 6.30. The predicted octanol–water partition coefficient (Wildman–Crippen LogP) is 2.82. The van der Waals surface area contributed by atoms with Crippen LogP contribution < -0.4 is 0 Å². The first-order chi connectivity index (χ1) is 10.6. The van der Waals surface area contributed by atoms with E-state index in [4.69, 9.17) is 16.7 Å². The topological polar surface area (TPSA) is 58.4 Å². The number of benzene rings is 1. The van der Waals surface area contributed by atoms with Gasteiger partial charge in [0.05, 0.1) is 17.8 Å². The monoisotopic (exact) mass is 319 g/mol. The third kappa shape index (κ3) is 3.48. The zero-order valence-corrected chi connectivity index (χ0v) is 12.9. The fourth-order valence-electron chi connectivity index (χ4n) is 2.86. The summed E-state index contributed by atoms with van der Waals surface area (Å²) in [5, 5.41) is 14.2. The Hall–Kier alpha value is -1.85. The number of likely N-dealkylation sites (tertiary alicyclic amines) is 1. The quantitative estimate of drug-likeness (QED) is 0.941. The van der Waals surface area contributed by atoms with Gasteiger partial charge in [0.1, 0.15) is 0 Å². The first kappa shape index (κ1) is 15.1. The second-order valence-electron chi connectivity index (χ2n) is 5.69. The molecule has 22 heavy (non-hydrogen) atoms. The number of carboxylic acids is 1. The van der Waals surface area contributed by atoms with Gasteiger partial charge in [-0.3, -0.25) is 9.69 Å². The van der Waals surface area contributed by atoms with Crippen LogP contribution in [0.3, 0.4) is 0 Å². The van der Waals surface area contributed by atoms with E-state index in [9.17, 15) is 4.79 Å². The molecule has 6 heteroatoms. The number of halogens is 1. The molecule has 1 fully saturated rings. The number of carboxylic acid groups (broad SMARTS) is 1. The van der Waals surface area contributed by atoms with Crippen LogP contribution in [0.15, 0.2) is 36.7 Å². The van der Waals surface area contributed by atoms with Crippen LogP contribution in [-0.2, 0) is 11.3 Å². The molecule has 0 bridgehead atoms. The summed E-state index contributed by atoms with van der Waals surface area (Å²) in [6.07, 6.45) is 5.49. The number of nitrogens with zero attached hydrogens (tertiary/aromatic N) is 3. The maximum atomic E-state index is 11.1. The summed E-state index contributed by atoms with van der Waals surface area (Å²) < 4.78 is 1.79. The summed E-state index contributed by atoms with van der Waals surface area (Å²) in [4.78, 5) is 13.3. The molecule has 1 atom stereocenters. The second kappa shape index (κ2) is 6.50. The van der Waals surface area contributed by atoms with Gasteiger partial charge in [-0.2, -0.15) is 5.10 Å². The van der Waals surface area contributed by atoms with Crippen molar-refractivity contribution in [2.24, 2.45) is 5.92 Å². The number of hydrogen-bond acceptors (Lipinski definition) is 3. The van der Waals surface area contributed by atoms with Crippen molar-refractivity contribution in [1.82, 2.24) is 14.7 Å². The molecule has 1 saturated heterocycles. The van der Waals surface area contributed by atoms with Gasteiger partial charge in [-0.05, 0) is 37.6 Å². The van der Waals surface area contributed by atoms with Crippen molar-refractivity contribution in [1.29, 1.82) is 0 Å². The third-order valence-corrected chi connectivity index (χ3v) is 4.20. The number of aliphatic carboxylic acids is 1. The first-order valence-corrected chi connectivity index (χ1v) is 7.74. The Bertz CT molecular complexity index is 671. The Morgan fingerprint density at radius 3 is 3.09 bits per heavy atom. The molecule has 0 spiro atoms. The molecule has 2 aromatic rings. The zero-order valence-electron chi connectivity index (χ0n) is 12.2. The SMILES string of the molecule is O=C(O)[C@@H]1CCCN(Cc2cnn(-c3cccc(Cl)c3)c2)C1. The molecule has 0 radical (unpaired) electrons. The molecule has 1 N–H and O–H groups in total. The van der Waals surface area contributed by atoms with Crippen LogP contribution in [-0.4, -0.2) is 38.8 Å². The lowest BCUT2D eigenvalue weighted by molar-refractivity contribution is -0.143. The fraction of sp³-hybridized carbons (Fsp3) is 0.375. The summed E-state index contributed by atoms with van der Waals surface area (Å²) in [6.45, 7) is 2.27. The van der Waals surface area contributed by atoms with Crippen molar-refractivity contribution in [2.75, 3.05) is 13.1 Å².